The second-order valence-electron chi connectivity index (χ2n) is 5.92. The molecule has 4 rings (SSSR count). The van der Waals surface area contributed by atoms with Gasteiger partial charge in [-0.15, -0.1) is 0 Å². The first-order valence-corrected chi connectivity index (χ1v) is 8.23. The van der Waals surface area contributed by atoms with Crippen LogP contribution in [0.5, 0.6) is 17.4 Å². The number of hydrogen-bond acceptors (Lipinski definition) is 5. The zero-order chi connectivity index (χ0) is 18.1. The van der Waals surface area contributed by atoms with Gasteiger partial charge in [-0.1, -0.05) is 0 Å². The Hall–Kier alpha value is -3.41. The molecule has 0 saturated heterocycles. The molecule has 26 heavy (non-hydrogen) atoms. The molecule has 0 N–H and O–H groups in total. The Morgan fingerprint density at radius 1 is 0.962 bits per heavy atom. The molecule has 6 heteroatoms. The maximum atomic E-state index is 6.00. The van der Waals surface area contributed by atoms with Gasteiger partial charge in [-0.3, -0.25) is 0 Å². The summed E-state index contributed by atoms with van der Waals surface area (Å²) >= 11 is 0. The summed E-state index contributed by atoms with van der Waals surface area (Å²) in [7, 11) is 1.64. The Labute approximate surface area is 151 Å². The van der Waals surface area contributed by atoms with E-state index in [2.05, 4.69) is 15.0 Å². The number of aromatic nitrogens is 4. The fourth-order valence-corrected chi connectivity index (χ4v) is 3.06. The van der Waals surface area contributed by atoms with Crippen LogP contribution in [0.25, 0.3) is 16.6 Å². The molecule has 0 aliphatic rings. The van der Waals surface area contributed by atoms with Crippen LogP contribution in [0.15, 0.2) is 55.2 Å². The van der Waals surface area contributed by atoms with E-state index in [1.54, 1.807) is 19.6 Å². The number of hydrogen-bond donors (Lipinski definition) is 0. The van der Waals surface area contributed by atoms with Gasteiger partial charge < -0.3 is 13.9 Å². The van der Waals surface area contributed by atoms with Crippen molar-refractivity contribution in [3.05, 3.63) is 66.6 Å². The summed E-state index contributed by atoms with van der Waals surface area (Å²) in [6.45, 7) is 3.93. The first-order valence-electron chi connectivity index (χ1n) is 8.23. The normalized spacial score (nSPS) is 10.9. The summed E-state index contributed by atoms with van der Waals surface area (Å²) in [6.07, 6.45) is 7.12. The van der Waals surface area contributed by atoms with Crippen LogP contribution >= 0.6 is 0 Å². The number of methoxy groups -OCH3 is 1. The van der Waals surface area contributed by atoms with Crippen LogP contribution in [-0.2, 0) is 0 Å². The number of nitrogens with zero attached hydrogens (tertiary/aromatic N) is 4. The van der Waals surface area contributed by atoms with Crippen molar-refractivity contribution in [1.29, 1.82) is 0 Å². The summed E-state index contributed by atoms with van der Waals surface area (Å²) in [6, 6.07) is 9.63. The van der Waals surface area contributed by atoms with E-state index >= 15 is 0 Å². The van der Waals surface area contributed by atoms with E-state index in [4.69, 9.17) is 9.47 Å². The Morgan fingerprint density at radius 3 is 2.54 bits per heavy atom. The highest BCUT2D eigenvalue weighted by atomic mass is 16.5. The van der Waals surface area contributed by atoms with Crippen LogP contribution in [0.2, 0.25) is 0 Å². The van der Waals surface area contributed by atoms with Crippen molar-refractivity contribution in [2.24, 2.45) is 0 Å². The largest absolute Gasteiger partial charge is 0.496 e. The minimum absolute atomic E-state index is 0.544. The predicted molar refractivity (Wildman–Crippen MR) is 98.8 cm³/mol. The molecule has 4 aromatic rings. The van der Waals surface area contributed by atoms with E-state index in [1.807, 2.05) is 61.0 Å². The van der Waals surface area contributed by atoms with Gasteiger partial charge in [-0.2, -0.15) is 0 Å². The molecule has 0 spiro atoms. The molecule has 1 aromatic carbocycles. The molecule has 0 aliphatic carbocycles. The van der Waals surface area contributed by atoms with Crippen LogP contribution in [0, 0.1) is 13.8 Å². The van der Waals surface area contributed by atoms with E-state index in [0.29, 0.717) is 17.4 Å². The van der Waals surface area contributed by atoms with E-state index in [0.717, 1.165) is 28.0 Å². The van der Waals surface area contributed by atoms with Crippen LogP contribution < -0.4 is 9.47 Å². The van der Waals surface area contributed by atoms with E-state index in [9.17, 15) is 0 Å². The zero-order valence-corrected chi connectivity index (χ0v) is 14.8. The number of aryl methyl sites for hydroxylation is 2. The fourth-order valence-electron chi connectivity index (χ4n) is 3.06. The first-order chi connectivity index (χ1) is 12.7. The lowest BCUT2D eigenvalue weighted by Crippen LogP contribution is -1.98. The van der Waals surface area contributed by atoms with Crippen LogP contribution in [0.1, 0.15) is 11.4 Å². The molecule has 0 atom stereocenters. The van der Waals surface area contributed by atoms with Crippen LogP contribution in [0.4, 0.5) is 0 Å². The second kappa shape index (κ2) is 6.48. The third kappa shape index (κ3) is 2.75. The van der Waals surface area contributed by atoms with E-state index in [1.165, 1.54) is 0 Å². The number of benzene rings is 1. The Morgan fingerprint density at radius 2 is 1.77 bits per heavy atom. The number of fused-ring (bicyclic) bond motifs is 1. The summed E-state index contributed by atoms with van der Waals surface area (Å²) in [5.74, 6) is 1.90. The summed E-state index contributed by atoms with van der Waals surface area (Å²) in [5.41, 5.74) is 4.62. The lowest BCUT2D eigenvalue weighted by molar-refractivity contribution is 0.409. The highest BCUT2D eigenvalue weighted by Crippen LogP contribution is 2.37. The fraction of sp³-hybridized carbons (Fsp3) is 0.150. The summed E-state index contributed by atoms with van der Waals surface area (Å²) in [5, 5.41) is 0. The highest BCUT2D eigenvalue weighted by Gasteiger charge is 2.15. The highest BCUT2D eigenvalue weighted by molar-refractivity contribution is 5.75. The van der Waals surface area contributed by atoms with Crippen LogP contribution in [0.3, 0.4) is 0 Å². The monoisotopic (exact) mass is 346 g/mol. The molecule has 6 nitrogen and oxygen atoms in total. The smallest absolute Gasteiger partial charge is 0.243 e. The summed E-state index contributed by atoms with van der Waals surface area (Å²) < 4.78 is 13.6. The van der Waals surface area contributed by atoms with Crippen molar-refractivity contribution in [3.63, 3.8) is 0 Å². The summed E-state index contributed by atoms with van der Waals surface area (Å²) in [4.78, 5) is 12.9. The van der Waals surface area contributed by atoms with Gasteiger partial charge >= 0.3 is 0 Å². The van der Waals surface area contributed by atoms with Crippen molar-refractivity contribution in [2.75, 3.05) is 7.11 Å². The average Bonchev–Trinajstić information content (AvgIpc) is 3.12. The quantitative estimate of drug-likeness (QED) is 0.554. The van der Waals surface area contributed by atoms with Gasteiger partial charge in [0.15, 0.2) is 0 Å². The zero-order valence-electron chi connectivity index (χ0n) is 14.8. The maximum Gasteiger partial charge on any atom is 0.243 e. The second-order valence-corrected chi connectivity index (χ2v) is 5.92. The third-order valence-corrected chi connectivity index (χ3v) is 4.30. The van der Waals surface area contributed by atoms with Crippen LogP contribution in [-0.4, -0.2) is 26.5 Å². The third-order valence-electron chi connectivity index (χ3n) is 4.30. The Kier molecular flexibility index (Phi) is 4.01. The SMILES string of the molecule is COc1cc(Oc2nccn3cccc23)ccc1-c1c(C)ncnc1C. The van der Waals surface area contributed by atoms with Crippen molar-refractivity contribution in [1.82, 2.24) is 19.4 Å². The lowest BCUT2D eigenvalue weighted by atomic mass is 10.0. The number of rotatable bonds is 4. The molecule has 3 heterocycles. The Bertz CT molecular complexity index is 1070. The van der Waals surface area contributed by atoms with Gasteiger partial charge in [-0.05, 0) is 38.1 Å². The predicted octanol–water partition coefficient (Wildman–Crippen LogP) is 4.21. The van der Waals surface area contributed by atoms with Gasteiger partial charge in [0.05, 0.1) is 7.11 Å². The van der Waals surface area contributed by atoms with Crippen molar-refractivity contribution < 1.29 is 9.47 Å². The molecule has 0 bridgehead atoms. The standard InChI is InChI=1S/C20H18N4O2/c1-13-19(14(2)23-12-22-13)16-7-6-15(11-18(16)25-3)26-20-17-5-4-9-24(17)10-8-21-20/h4-12H,1-3H3. The van der Waals surface area contributed by atoms with Crippen molar-refractivity contribution in [3.8, 4) is 28.5 Å². The molecule has 0 fully saturated rings. The van der Waals surface area contributed by atoms with Gasteiger partial charge in [-0.25, -0.2) is 15.0 Å². The number of ether oxygens (including phenoxy) is 2. The van der Waals surface area contributed by atoms with Crippen molar-refractivity contribution >= 4 is 5.52 Å². The van der Waals surface area contributed by atoms with Gasteiger partial charge in [0, 0.05) is 47.2 Å². The van der Waals surface area contributed by atoms with E-state index < -0.39 is 0 Å². The molecule has 3 aromatic heterocycles. The Balaban J connectivity index is 1.75. The minimum Gasteiger partial charge on any atom is -0.496 e. The molecule has 0 saturated carbocycles. The molecule has 0 unspecified atom stereocenters. The molecule has 0 aliphatic heterocycles. The van der Waals surface area contributed by atoms with Crippen molar-refractivity contribution in [2.45, 2.75) is 13.8 Å². The molecular formula is C20H18N4O2. The molecule has 130 valence electrons. The first kappa shape index (κ1) is 16.1. The lowest BCUT2D eigenvalue weighted by Gasteiger charge is -2.14. The average molecular weight is 346 g/mol. The minimum atomic E-state index is 0.544. The molecule has 0 radical (unpaired) electrons. The van der Waals surface area contributed by atoms with Gasteiger partial charge in [0.25, 0.3) is 0 Å². The molecule has 0 amide bonds. The molecular weight excluding hydrogens is 328 g/mol. The van der Waals surface area contributed by atoms with E-state index in [-0.39, 0.29) is 0 Å². The van der Waals surface area contributed by atoms with Gasteiger partial charge in [0.2, 0.25) is 5.88 Å². The maximum absolute atomic E-state index is 6.00. The topological polar surface area (TPSA) is 61.5 Å². The van der Waals surface area contributed by atoms with Gasteiger partial charge in [0.1, 0.15) is 23.3 Å².